The van der Waals surface area contributed by atoms with Crippen LogP contribution in [0, 0.1) is 13.8 Å². The average Bonchev–Trinajstić information content (AvgIpc) is 2.82. The van der Waals surface area contributed by atoms with E-state index < -0.39 is 0 Å². The third-order valence-electron chi connectivity index (χ3n) is 5.67. The van der Waals surface area contributed by atoms with Gasteiger partial charge in [-0.3, -0.25) is 9.59 Å². The van der Waals surface area contributed by atoms with E-state index in [-0.39, 0.29) is 0 Å². The van der Waals surface area contributed by atoms with Gasteiger partial charge < -0.3 is 0 Å². The number of aldehydes is 2. The van der Waals surface area contributed by atoms with Gasteiger partial charge in [0, 0.05) is 11.1 Å². The Hall–Kier alpha value is -4.04. The van der Waals surface area contributed by atoms with Crippen molar-refractivity contribution >= 4 is 47.6 Å². The largest absolute Gasteiger partial charge is 0.298 e. The normalized spacial score (nSPS) is 11.4. The molecule has 0 saturated heterocycles. The minimum absolute atomic E-state index is 0.689. The molecule has 0 atom stereocenters. The molecule has 0 aliphatic rings. The second kappa shape index (κ2) is 9.40. The molecule has 0 aliphatic carbocycles. The monoisotopic (exact) mass is 416 g/mol. The Morgan fingerprint density at radius 2 is 1.09 bits per heavy atom. The molecule has 0 aromatic heterocycles. The molecule has 0 fully saturated rings. The van der Waals surface area contributed by atoms with Crippen LogP contribution in [0.5, 0.6) is 0 Å². The lowest BCUT2D eigenvalue weighted by Crippen LogP contribution is -1.86. The first-order chi connectivity index (χ1) is 15.6. The van der Waals surface area contributed by atoms with Crippen LogP contribution in [-0.2, 0) is 0 Å². The van der Waals surface area contributed by atoms with Gasteiger partial charge in [0.05, 0.1) is 0 Å². The summed E-state index contributed by atoms with van der Waals surface area (Å²) in [6.45, 7) is 4.03. The van der Waals surface area contributed by atoms with Crippen LogP contribution >= 0.6 is 0 Å². The highest BCUT2D eigenvalue weighted by molar-refractivity contribution is 5.95. The Bertz CT molecular complexity index is 1370. The predicted octanol–water partition coefficient (Wildman–Crippen LogP) is 7.42. The minimum Gasteiger partial charge on any atom is -0.298 e. The van der Waals surface area contributed by atoms with Crippen LogP contribution < -0.4 is 0 Å². The van der Waals surface area contributed by atoms with Crippen LogP contribution in [0.25, 0.3) is 35.1 Å². The lowest BCUT2D eigenvalue weighted by atomic mass is 9.98. The summed E-state index contributed by atoms with van der Waals surface area (Å²) in [7, 11) is 0. The Morgan fingerprint density at radius 3 is 1.69 bits per heavy atom. The number of carbonyl (C=O) groups is 2. The fraction of sp³-hybridized carbons (Fsp3) is 0.0667. The molecule has 0 N–H and O–H groups in total. The SMILES string of the molecule is Cc1cc(C=O)ccc1C=Cc1cc(C=Cc2ccc(C=O)cc2C)c2ccccc2c1. The molecule has 156 valence electrons. The number of carbonyl (C=O) groups excluding carboxylic acids is 2. The van der Waals surface area contributed by atoms with Crippen molar-refractivity contribution in [2.45, 2.75) is 13.8 Å². The highest BCUT2D eigenvalue weighted by Gasteiger charge is 2.03. The molecule has 4 rings (SSSR count). The van der Waals surface area contributed by atoms with E-state index in [1.807, 2.05) is 56.3 Å². The molecule has 4 aromatic carbocycles. The van der Waals surface area contributed by atoms with Crippen LogP contribution in [0.15, 0.2) is 72.8 Å². The van der Waals surface area contributed by atoms with Crippen molar-refractivity contribution in [3.05, 3.63) is 117 Å². The van der Waals surface area contributed by atoms with Gasteiger partial charge in [0.1, 0.15) is 12.6 Å². The second-order valence-electron chi connectivity index (χ2n) is 7.97. The van der Waals surface area contributed by atoms with Gasteiger partial charge in [-0.1, -0.05) is 72.8 Å². The number of rotatable bonds is 6. The number of hydrogen-bond acceptors (Lipinski definition) is 2. The molecule has 0 heterocycles. The molecule has 0 aliphatic heterocycles. The Labute approximate surface area is 188 Å². The molecule has 0 unspecified atom stereocenters. The summed E-state index contributed by atoms with van der Waals surface area (Å²) in [6.07, 6.45) is 10.2. The number of aryl methyl sites for hydroxylation is 2. The molecule has 2 nitrogen and oxygen atoms in total. The van der Waals surface area contributed by atoms with E-state index in [1.54, 1.807) is 0 Å². The molecular weight excluding hydrogens is 392 g/mol. The lowest BCUT2D eigenvalue weighted by Gasteiger charge is -2.07. The summed E-state index contributed by atoms with van der Waals surface area (Å²) < 4.78 is 0. The zero-order valence-corrected chi connectivity index (χ0v) is 18.2. The molecule has 0 bridgehead atoms. The first-order valence-electron chi connectivity index (χ1n) is 10.6. The predicted molar refractivity (Wildman–Crippen MR) is 135 cm³/mol. The van der Waals surface area contributed by atoms with Crippen molar-refractivity contribution < 1.29 is 9.59 Å². The van der Waals surface area contributed by atoms with E-state index in [0.717, 1.165) is 46.0 Å². The maximum atomic E-state index is 11.0. The van der Waals surface area contributed by atoms with Crippen molar-refractivity contribution in [2.75, 3.05) is 0 Å². The maximum Gasteiger partial charge on any atom is 0.150 e. The Balaban J connectivity index is 1.72. The number of benzene rings is 4. The van der Waals surface area contributed by atoms with E-state index in [1.165, 1.54) is 10.8 Å². The summed E-state index contributed by atoms with van der Waals surface area (Å²) in [5.41, 5.74) is 7.94. The molecular formula is C30H24O2. The van der Waals surface area contributed by atoms with Gasteiger partial charge >= 0.3 is 0 Å². The van der Waals surface area contributed by atoms with Gasteiger partial charge in [-0.25, -0.2) is 0 Å². The van der Waals surface area contributed by atoms with Crippen molar-refractivity contribution in [1.82, 2.24) is 0 Å². The van der Waals surface area contributed by atoms with Gasteiger partial charge in [0.2, 0.25) is 0 Å². The summed E-state index contributed by atoms with van der Waals surface area (Å²) >= 11 is 0. The quantitative estimate of drug-likeness (QED) is 0.242. The Kier molecular flexibility index (Phi) is 6.23. The zero-order chi connectivity index (χ0) is 22.5. The zero-order valence-electron chi connectivity index (χ0n) is 18.2. The minimum atomic E-state index is 0.689. The molecule has 0 radical (unpaired) electrons. The van der Waals surface area contributed by atoms with E-state index in [2.05, 4.69) is 54.6 Å². The summed E-state index contributed by atoms with van der Waals surface area (Å²) in [6, 6.07) is 24.2. The summed E-state index contributed by atoms with van der Waals surface area (Å²) in [4.78, 5) is 22.0. The first-order valence-corrected chi connectivity index (χ1v) is 10.6. The van der Waals surface area contributed by atoms with Crippen LogP contribution in [0.2, 0.25) is 0 Å². The van der Waals surface area contributed by atoms with Crippen molar-refractivity contribution in [3.63, 3.8) is 0 Å². The van der Waals surface area contributed by atoms with Crippen molar-refractivity contribution in [1.29, 1.82) is 0 Å². The average molecular weight is 417 g/mol. The second-order valence-corrected chi connectivity index (χ2v) is 7.97. The number of hydrogen-bond donors (Lipinski definition) is 0. The van der Waals surface area contributed by atoms with Gasteiger partial charge in [-0.2, -0.15) is 0 Å². The maximum absolute atomic E-state index is 11.0. The molecule has 2 heteroatoms. The molecule has 4 aromatic rings. The summed E-state index contributed by atoms with van der Waals surface area (Å²) in [5.74, 6) is 0. The fourth-order valence-corrected chi connectivity index (χ4v) is 3.88. The van der Waals surface area contributed by atoms with E-state index >= 15 is 0 Å². The van der Waals surface area contributed by atoms with Crippen LogP contribution in [0.4, 0.5) is 0 Å². The fourth-order valence-electron chi connectivity index (χ4n) is 3.88. The van der Waals surface area contributed by atoms with Gasteiger partial charge in [0.15, 0.2) is 0 Å². The molecule has 0 amide bonds. The highest BCUT2D eigenvalue weighted by Crippen LogP contribution is 2.25. The van der Waals surface area contributed by atoms with Crippen LogP contribution in [0.1, 0.15) is 54.1 Å². The van der Waals surface area contributed by atoms with Crippen molar-refractivity contribution in [2.24, 2.45) is 0 Å². The Morgan fingerprint density at radius 1 is 0.531 bits per heavy atom. The van der Waals surface area contributed by atoms with Gasteiger partial charge in [-0.05, 0) is 82.3 Å². The van der Waals surface area contributed by atoms with Crippen LogP contribution in [0.3, 0.4) is 0 Å². The van der Waals surface area contributed by atoms with E-state index in [0.29, 0.717) is 11.1 Å². The highest BCUT2D eigenvalue weighted by atomic mass is 16.1. The van der Waals surface area contributed by atoms with E-state index in [9.17, 15) is 9.59 Å². The first kappa shape index (κ1) is 21.2. The topological polar surface area (TPSA) is 34.1 Å². The third-order valence-corrected chi connectivity index (χ3v) is 5.67. The molecule has 0 saturated carbocycles. The van der Waals surface area contributed by atoms with Crippen LogP contribution in [-0.4, -0.2) is 12.6 Å². The third kappa shape index (κ3) is 4.65. The lowest BCUT2D eigenvalue weighted by molar-refractivity contribution is 0.111. The van der Waals surface area contributed by atoms with Crippen molar-refractivity contribution in [3.8, 4) is 0 Å². The smallest absolute Gasteiger partial charge is 0.150 e. The van der Waals surface area contributed by atoms with Gasteiger partial charge in [-0.15, -0.1) is 0 Å². The molecule has 32 heavy (non-hydrogen) atoms. The summed E-state index contributed by atoms with van der Waals surface area (Å²) in [5, 5.41) is 2.37. The standard InChI is InChI=1S/C30H24O2/c1-21-15-24(19-31)8-11-26(21)10-7-23-17-28-5-3-4-6-30(28)29(18-23)14-13-27-12-9-25(20-32)16-22(27)2/h3-20H,1-2H3. The number of fused-ring (bicyclic) bond motifs is 1. The van der Waals surface area contributed by atoms with Gasteiger partial charge in [0.25, 0.3) is 0 Å². The van der Waals surface area contributed by atoms with E-state index in [4.69, 9.17) is 0 Å². The molecule has 0 spiro atoms.